The Morgan fingerprint density at radius 3 is 2.56 bits per heavy atom. The van der Waals surface area contributed by atoms with E-state index in [9.17, 15) is 24.1 Å². The van der Waals surface area contributed by atoms with Crippen LogP contribution in [0.5, 0.6) is 0 Å². The smallest absolute Gasteiger partial charge is 0.269 e. The van der Waals surface area contributed by atoms with Gasteiger partial charge in [-0.15, -0.1) is 0 Å². The Hall–Kier alpha value is -3.62. The number of nitro groups is 1. The minimum Gasteiger partial charge on any atom is -0.343 e. The number of non-ortho nitro benzene ring substituents is 1. The highest BCUT2D eigenvalue weighted by atomic mass is 19.1. The van der Waals surface area contributed by atoms with Crippen LogP contribution in [-0.4, -0.2) is 29.5 Å². The Balaban J connectivity index is 1.80. The van der Waals surface area contributed by atoms with Crippen molar-refractivity contribution < 1.29 is 18.9 Å². The lowest BCUT2D eigenvalue weighted by molar-refractivity contribution is -0.384. The SMILES string of the molecule is O=C(CNC(=O)c1cccc(F)c1)N/N=C/c1ccc([N+](=O)[O-])cc1. The molecule has 0 heterocycles. The van der Waals surface area contributed by atoms with E-state index in [-0.39, 0.29) is 17.8 Å². The molecule has 0 aliphatic rings. The van der Waals surface area contributed by atoms with Crippen LogP contribution in [0.2, 0.25) is 0 Å². The second kappa shape index (κ2) is 8.29. The molecule has 0 aromatic heterocycles. The number of nitrogens with zero attached hydrogens (tertiary/aromatic N) is 2. The van der Waals surface area contributed by atoms with Crippen LogP contribution in [0.15, 0.2) is 53.6 Å². The molecule has 128 valence electrons. The topological polar surface area (TPSA) is 114 Å². The maximum Gasteiger partial charge on any atom is 0.269 e. The second-order valence-electron chi connectivity index (χ2n) is 4.83. The average molecular weight is 344 g/mol. The van der Waals surface area contributed by atoms with E-state index < -0.39 is 22.6 Å². The lowest BCUT2D eigenvalue weighted by Crippen LogP contribution is -2.34. The van der Waals surface area contributed by atoms with Crippen molar-refractivity contribution in [3.63, 3.8) is 0 Å². The Morgan fingerprint density at radius 2 is 1.92 bits per heavy atom. The number of nitrogens with one attached hydrogen (secondary N) is 2. The molecule has 0 radical (unpaired) electrons. The largest absolute Gasteiger partial charge is 0.343 e. The van der Waals surface area contributed by atoms with Crippen LogP contribution < -0.4 is 10.7 Å². The third-order valence-corrected chi connectivity index (χ3v) is 3.00. The minimum absolute atomic E-state index is 0.0544. The fourth-order valence-electron chi connectivity index (χ4n) is 1.79. The van der Waals surface area contributed by atoms with Gasteiger partial charge in [-0.1, -0.05) is 6.07 Å². The maximum atomic E-state index is 13.0. The lowest BCUT2D eigenvalue weighted by Gasteiger charge is -2.04. The number of nitro benzene ring substituents is 1. The third kappa shape index (κ3) is 5.50. The summed E-state index contributed by atoms with van der Waals surface area (Å²) in [5, 5.41) is 16.5. The maximum absolute atomic E-state index is 13.0. The zero-order valence-corrected chi connectivity index (χ0v) is 12.8. The summed E-state index contributed by atoms with van der Waals surface area (Å²) in [7, 11) is 0. The molecule has 8 nitrogen and oxygen atoms in total. The number of benzene rings is 2. The number of hydrogen-bond donors (Lipinski definition) is 2. The van der Waals surface area contributed by atoms with E-state index in [2.05, 4.69) is 15.8 Å². The van der Waals surface area contributed by atoms with Crippen molar-refractivity contribution in [1.29, 1.82) is 0 Å². The number of hydrogen-bond acceptors (Lipinski definition) is 5. The van der Waals surface area contributed by atoms with Crippen molar-refractivity contribution in [2.24, 2.45) is 5.10 Å². The molecule has 9 heteroatoms. The molecule has 2 rings (SSSR count). The summed E-state index contributed by atoms with van der Waals surface area (Å²) in [6.07, 6.45) is 1.30. The summed E-state index contributed by atoms with van der Waals surface area (Å²) < 4.78 is 13.0. The van der Waals surface area contributed by atoms with Gasteiger partial charge in [0.1, 0.15) is 5.82 Å². The fraction of sp³-hybridized carbons (Fsp3) is 0.0625. The summed E-state index contributed by atoms with van der Waals surface area (Å²) in [4.78, 5) is 33.3. The molecule has 0 fully saturated rings. The van der Waals surface area contributed by atoms with E-state index in [1.165, 1.54) is 48.7 Å². The molecular formula is C16H13FN4O4. The summed E-state index contributed by atoms with van der Waals surface area (Å²) in [5.74, 6) is -1.72. The minimum atomic E-state index is -0.589. The van der Waals surface area contributed by atoms with Crippen LogP contribution in [-0.2, 0) is 4.79 Å². The molecule has 0 spiro atoms. The van der Waals surface area contributed by atoms with Crippen LogP contribution in [0.1, 0.15) is 15.9 Å². The number of hydrazone groups is 1. The Bertz CT molecular complexity index is 821. The zero-order chi connectivity index (χ0) is 18.2. The molecule has 0 bridgehead atoms. The van der Waals surface area contributed by atoms with Gasteiger partial charge in [0.05, 0.1) is 17.7 Å². The molecule has 2 aromatic carbocycles. The molecule has 0 saturated heterocycles. The monoisotopic (exact) mass is 344 g/mol. The Labute approximate surface area is 141 Å². The highest BCUT2D eigenvalue weighted by Gasteiger charge is 2.08. The zero-order valence-electron chi connectivity index (χ0n) is 12.8. The van der Waals surface area contributed by atoms with Crippen LogP contribution >= 0.6 is 0 Å². The molecule has 2 aromatic rings. The molecular weight excluding hydrogens is 331 g/mol. The first-order chi connectivity index (χ1) is 12.0. The van der Waals surface area contributed by atoms with Gasteiger partial charge in [0.15, 0.2) is 0 Å². The summed E-state index contributed by atoms with van der Waals surface area (Å²) in [6, 6.07) is 10.6. The van der Waals surface area contributed by atoms with Gasteiger partial charge >= 0.3 is 0 Å². The number of carbonyl (C=O) groups is 2. The highest BCUT2D eigenvalue weighted by molar-refractivity contribution is 5.96. The van der Waals surface area contributed by atoms with E-state index in [1.54, 1.807) is 0 Å². The molecule has 2 amide bonds. The standard InChI is InChI=1S/C16H13FN4O4/c17-13-3-1-2-12(8-13)16(23)18-10-15(22)20-19-9-11-4-6-14(7-5-11)21(24)25/h1-9H,10H2,(H,18,23)(H,20,22)/b19-9+. The van der Waals surface area contributed by atoms with Gasteiger partial charge in [0.25, 0.3) is 17.5 Å². The number of rotatable bonds is 6. The lowest BCUT2D eigenvalue weighted by atomic mass is 10.2. The summed E-state index contributed by atoms with van der Waals surface area (Å²) >= 11 is 0. The molecule has 0 aliphatic heterocycles. The Morgan fingerprint density at radius 1 is 1.20 bits per heavy atom. The van der Waals surface area contributed by atoms with E-state index >= 15 is 0 Å². The van der Waals surface area contributed by atoms with Gasteiger partial charge in [-0.05, 0) is 35.9 Å². The highest BCUT2D eigenvalue weighted by Crippen LogP contribution is 2.10. The number of amides is 2. The summed E-state index contributed by atoms with van der Waals surface area (Å²) in [5.41, 5.74) is 2.79. The third-order valence-electron chi connectivity index (χ3n) is 3.00. The van der Waals surface area contributed by atoms with Crippen molar-refractivity contribution in [3.05, 3.63) is 75.6 Å². The van der Waals surface area contributed by atoms with Crippen LogP contribution in [0.4, 0.5) is 10.1 Å². The molecule has 0 aliphatic carbocycles. The van der Waals surface area contributed by atoms with Gasteiger partial charge in [-0.3, -0.25) is 19.7 Å². The first-order valence-electron chi connectivity index (χ1n) is 7.06. The first kappa shape index (κ1) is 17.7. The quantitative estimate of drug-likeness (QED) is 0.471. The van der Waals surface area contributed by atoms with Crippen molar-refractivity contribution in [1.82, 2.24) is 10.7 Å². The molecule has 25 heavy (non-hydrogen) atoms. The first-order valence-corrected chi connectivity index (χ1v) is 7.06. The van der Waals surface area contributed by atoms with Gasteiger partial charge in [-0.2, -0.15) is 5.10 Å². The van der Waals surface area contributed by atoms with Gasteiger partial charge in [-0.25, -0.2) is 9.82 Å². The molecule has 0 atom stereocenters. The van der Waals surface area contributed by atoms with Crippen molar-refractivity contribution in [2.75, 3.05) is 6.54 Å². The van der Waals surface area contributed by atoms with Gasteiger partial charge in [0.2, 0.25) is 0 Å². The van der Waals surface area contributed by atoms with Crippen molar-refractivity contribution >= 4 is 23.7 Å². The van der Waals surface area contributed by atoms with E-state index in [0.717, 1.165) is 6.07 Å². The second-order valence-corrected chi connectivity index (χ2v) is 4.83. The molecule has 2 N–H and O–H groups in total. The molecule has 0 unspecified atom stereocenters. The van der Waals surface area contributed by atoms with E-state index in [0.29, 0.717) is 5.56 Å². The van der Waals surface area contributed by atoms with Crippen LogP contribution in [0.3, 0.4) is 0 Å². The predicted octanol–water partition coefficient (Wildman–Crippen LogP) is 1.61. The predicted molar refractivity (Wildman–Crippen MR) is 87.6 cm³/mol. The van der Waals surface area contributed by atoms with E-state index in [1.807, 2.05) is 0 Å². The fourth-order valence-corrected chi connectivity index (χ4v) is 1.79. The van der Waals surface area contributed by atoms with Crippen molar-refractivity contribution in [3.8, 4) is 0 Å². The van der Waals surface area contributed by atoms with Crippen molar-refractivity contribution in [2.45, 2.75) is 0 Å². The van der Waals surface area contributed by atoms with Crippen LogP contribution in [0, 0.1) is 15.9 Å². The van der Waals surface area contributed by atoms with E-state index in [4.69, 9.17) is 0 Å². The Kier molecular flexibility index (Phi) is 5.88. The number of halogens is 1. The van der Waals surface area contributed by atoms with Crippen LogP contribution in [0.25, 0.3) is 0 Å². The summed E-state index contributed by atoms with van der Waals surface area (Å²) in [6.45, 7) is -0.340. The van der Waals surface area contributed by atoms with Gasteiger partial charge in [0, 0.05) is 17.7 Å². The number of carbonyl (C=O) groups excluding carboxylic acids is 2. The van der Waals surface area contributed by atoms with Gasteiger partial charge < -0.3 is 5.32 Å². The molecule has 0 saturated carbocycles. The average Bonchev–Trinajstić information content (AvgIpc) is 2.60. The normalized spacial score (nSPS) is 10.4.